The van der Waals surface area contributed by atoms with Crippen LogP contribution in [0.3, 0.4) is 0 Å². The number of hydrogen-bond donors (Lipinski definition) is 0. The van der Waals surface area contributed by atoms with E-state index in [1.54, 1.807) is 11.1 Å². The summed E-state index contributed by atoms with van der Waals surface area (Å²) in [5, 5.41) is 0. The van der Waals surface area contributed by atoms with E-state index in [9.17, 15) is 0 Å². The van der Waals surface area contributed by atoms with Crippen LogP contribution in [0, 0.1) is 0 Å². The summed E-state index contributed by atoms with van der Waals surface area (Å²) in [5.74, 6) is 1.62. The molecule has 0 bridgehead atoms. The molecule has 4 rings (SSSR count). The van der Waals surface area contributed by atoms with Crippen LogP contribution in [0.4, 0.5) is 0 Å². The van der Waals surface area contributed by atoms with Crippen LogP contribution in [-0.2, 0) is 0 Å². The molecule has 2 fully saturated rings. The lowest BCUT2D eigenvalue weighted by Crippen LogP contribution is -2.03. The zero-order valence-electron chi connectivity index (χ0n) is 16.1. The van der Waals surface area contributed by atoms with Gasteiger partial charge in [-0.25, -0.2) is 0 Å². The van der Waals surface area contributed by atoms with Crippen molar-refractivity contribution in [3.63, 3.8) is 0 Å². The quantitative estimate of drug-likeness (QED) is 0.432. The Morgan fingerprint density at radius 2 is 0.852 bits per heavy atom. The van der Waals surface area contributed by atoms with E-state index in [0.717, 1.165) is 11.8 Å². The molecule has 27 heavy (non-hydrogen) atoms. The number of benzene rings is 2. The van der Waals surface area contributed by atoms with E-state index in [1.165, 1.54) is 74.0 Å². The average molecular weight is 415 g/mol. The van der Waals surface area contributed by atoms with Gasteiger partial charge in [0.15, 0.2) is 0 Å². The summed E-state index contributed by atoms with van der Waals surface area (Å²) in [6.45, 7) is 0. The van der Waals surface area contributed by atoms with Gasteiger partial charge < -0.3 is 0 Å². The van der Waals surface area contributed by atoms with Crippen LogP contribution in [0.25, 0.3) is 0 Å². The Labute approximate surface area is 176 Å². The Balaban J connectivity index is 1.24. The molecule has 144 valence electrons. The van der Waals surface area contributed by atoms with Crippen LogP contribution in [0.2, 0.25) is 0 Å². The maximum absolute atomic E-state index is 2.36. The van der Waals surface area contributed by atoms with Gasteiger partial charge in [-0.1, -0.05) is 62.8 Å². The second kappa shape index (κ2) is 10.3. The first-order valence-electron chi connectivity index (χ1n) is 10.6. The molecule has 2 aliphatic rings. The highest BCUT2D eigenvalue weighted by Gasteiger charge is 2.16. The Morgan fingerprint density at radius 1 is 0.481 bits per heavy atom. The van der Waals surface area contributed by atoms with Crippen LogP contribution in [0.5, 0.6) is 0 Å². The van der Waals surface area contributed by atoms with E-state index in [-0.39, 0.29) is 0 Å². The molecule has 0 saturated heterocycles. The summed E-state index contributed by atoms with van der Waals surface area (Å²) in [5.41, 5.74) is 3.10. The first-order valence-corrected chi connectivity index (χ1v) is 14.1. The second-order valence-electron chi connectivity index (χ2n) is 8.04. The summed E-state index contributed by atoms with van der Waals surface area (Å²) in [6.07, 6.45) is 14.0. The number of rotatable bonds is 6. The van der Waals surface area contributed by atoms with Gasteiger partial charge in [-0.2, -0.15) is 0 Å². The smallest absolute Gasteiger partial charge is 0.0191 e. The standard InChI is InChI=1S/C24H30S3/c1-3-7-19(8-4-1)21-11-15-23(16-12-21)25-27-26-24-17-13-22(14-18-24)20-9-5-2-6-10-20/h11-20H,1-10H2. The van der Waals surface area contributed by atoms with Crippen molar-refractivity contribution in [3.05, 3.63) is 59.7 Å². The molecule has 0 unspecified atom stereocenters. The van der Waals surface area contributed by atoms with Crippen molar-refractivity contribution in [2.75, 3.05) is 0 Å². The van der Waals surface area contributed by atoms with Crippen LogP contribution < -0.4 is 0 Å². The summed E-state index contributed by atoms with van der Waals surface area (Å²) < 4.78 is 0. The highest BCUT2D eigenvalue weighted by molar-refractivity contribution is 9.09. The van der Waals surface area contributed by atoms with E-state index in [0.29, 0.717) is 0 Å². The lowest BCUT2D eigenvalue weighted by Gasteiger charge is -2.22. The third kappa shape index (κ3) is 5.74. The lowest BCUT2D eigenvalue weighted by molar-refractivity contribution is 0.443. The van der Waals surface area contributed by atoms with E-state index >= 15 is 0 Å². The van der Waals surface area contributed by atoms with Gasteiger partial charge in [-0.05, 0) is 104 Å². The van der Waals surface area contributed by atoms with Gasteiger partial charge in [-0.3, -0.25) is 0 Å². The predicted octanol–water partition coefficient (Wildman–Crippen LogP) is 9.23. The Kier molecular flexibility index (Phi) is 7.56. The van der Waals surface area contributed by atoms with E-state index in [2.05, 4.69) is 48.5 Å². The molecule has 0 amide bonds. The third-order valence-corrected chi connectivity index (χ3v) is 10.0. The molecule has 2 aliphatic carbocycles. The summed E-state index contributed by atoms with van der Waals surface area (Å²) in [7, 11) is 5.64. The largest absolute Gasteiger partial charge is 0.0576 e. The average Bonchev–Trinajstić information content (AvgIpc) is 2.76. The van der Waals surface area contributed by atoms with Crippen molar-refractivity contribution >= 4 is 31.4 Å². The van der Waals surface area contributed by atoms with Crippen LogP contribution in [0.1, 0.15) is 87.2 Å². The molecule has 2 aromatic carbocycles. The van der Waals surface area contributed by atoms with E-state index in [4.69, 9.17) is 0 Å². The predicted molar refractivity (Wildman–Crippen MR) is 124 cm³/mol. The maximum atomic E-state index is 2.36. The minimum Gasteiger partial charge on any atom is -0.0576 e. The minimum atomic E-state index is 0.808. The van der Waals surface area contributed by atoms with Gasteiger partial charge in [0.25, 0.3) is 0 Å². The summed E-state index contributed by atoms with van der Waals surface area (Å²) in [4.78, 5) is 2.73. The topological polar surface area (TPSA) is 0 Å². The van der Waals surface area contributed by atoms with Crippen LogP contribution in [-0.4, -0.2) is 0 Å². The molecule has 2 aromatic rings. The SMILES string of the molecule is c1cc(C2CCCCC2)ccc1SSSc1ccc(C2CCCCC2)cc1. The van der Waals surface area contributed by atoms with Crippen molar-refractivity contribution in [3.8, 4) is 0 Å². The van der Waals surface area contributed by atoms with Crippen molar-refractivity contribution in [2.24, 2.45) is 0 Å². The van der Waals surface area contributed by atoms with Gasteiger partial charge in [0.1, 0.15) is 0 Å². The Morgan fingerprint density at radius 3 is 1.22 bits per heavy atom. The second-order valence-corrected chi connectivity index (χ2v) is 12.1. The van der Waals surface area contributed by atoms with Crippen molar-refractivity contribution in [2.45, 2.75) is 85.8 Å². The molecular weight excluding hydrogens is 384 g/mol. The molecule has 0 N–H and O–H groups in total. The van der Waals surface area contributed by atoms with Crippen molar-refractivity contribution < 1.29 is 0 Å². The van der Waals surface area contributed by atoms with Gasteiger partial charge in [-0.15, -0.1) is 0 Å². The summed E-state index contributed by atoms with van der Waals surface area (Å²) in [6, 6.07) is 18.7. The van der Waals surface area contributed by atoms with Crippen molar-refractivity contribution in [1.29, 1.82) is 0 Å². The molecule has 0 radical (unpaired) electrons. The lowest BCUT2D eigenvalue weighted by atomic mass is 9.84. The minimum absolute atomic E-state index is 0.808. The highest BCUT2D eigenvalue weighted by Crippen LogP contribution is 2.45. The van der Waals surface area contributed by atoms with Gasteiger partial charge >= 0.3 is 0 Å². The molecule has 0 aromatic heterocycles. The molecule has 0 nitrogen and oxygen atoms in total. The Hall–Kier alpha value is -0.510. The highest BCUT2D eigenvalue weighted by atomic mass is 33.5. The van der Waals surface area contributed by atoms with Gasteiger partial charge in [0.2, 0.25) is 0 Å². The fraction of sp³-hybridized carbons (Fsp3) is 0.500. The van der Waals surface area contributed by atoms with Crippen LogP contribution in [0.15, 0.2) is 58.3 Å². The fourth-order valence-electron chi connectivity index (χ4n) is 4.56. The molecule has 0 spiro atoms. The van der Waals surface area contributed by atoms with E-state index in [1.807, 2.05) is 31.4 Å². The van der Waals surface area contributed by atoms with Crippen LogP contribution >= 0.6 is 31.4 Å². The van der Waals surface area contributed by atoms with Crippen molar-refractivity contribution in [1.82, 2.24) is 0 Å². The fourth-order valence-corrected chi connectivity index (χ4v) is 8.20. The molecule has 2 saturated carbocycles. The summed E-state index contributed by atoms with van der Waals surface area (Å²) >= 11 is 0. The monoisotopic (exact) mass is 414 g/mol. The first-order chi connectivity index (χ1) is 13.4. The molecular formula is C24H30S3. The molecule has 0 aliphatic heterocycles. The molecule has 0 atom stereocenters. The third-order valence-electron chi connectivity index (χ3n) is 6.17. The zero-order valence-corrected chi connectivity index (χ0v) is 18.5. The van der Waals surface area contributed by atoms with Gasteiger partial charge in [0, 0.05) is 9.79 Å². The molecule has 0 heterocycles. The zero-order chi connectivity index (χ0) is 18.3. The molecule has 3 heteroatoms. The maximum Gasteiger partial charge on any atom is 0.0191 e. The van der Waals surface area contributed by atoms with E-state index < -0.39 is 0 Å². The first kappa shape index (κ1) is 19.8. The van der Waals surface area contributed by atoms with Gasteiger partial charge in [0.05, 0.1) is 0 Å². The Bertz CT molecular complexity index is 619. The normalized spacial score (nSPS) is 19.3. The number of hydrogen-bond acceptors (Lipinski definition) is 3.